The highest BCUT2D eigenvalue weighted by molar-refractivity contribution is 8.00. The molecule has 1 aromatic carbocycles. The predicted molar refractivity (Wildman–Crippen MR) is 87.6 cm³/mol. The lowest BCUT2D eigenvalue weighted by Crippen LogP contribution is -2.38. The number of hydrogen-bond acceptors (Lipinski definition) is 5. The number of aliphatic hydroxyl groups excluding tert-OH is 1. The second-order valence-corrected chi connectivity index (χ2v) is 7.04. The van der Waals surface area contributed by atoms with Gasteiger partial charge in [-0.2, -0.15) is 0 Å². The molecule has 0 radical (unpaired) electrons. The Labute approximate surface area is 138 Å². The van der Waals surface area contributed by atoms with Crippen LogP contribution in [0.3, 0.4) is 0 Å². The maximum atomic E-state index is 11.5. The van der Waals surface area contributed by atoms with Crippen LogP contribution in [-0.4, -0.2) is 52.4 Å². The summed E-state index contributed by atoms with van der Waals surface area (Å²) in [7, 11) is 0. The molecular formula is C16H20N2O4S. The molecule has 3 rings (SSSR count). The quantitative estimate of drug-likeness (QED) is 0.773. The smallest absolute Gasteiger partial charge is 0.306 e. The highest BCUT2D eigenvalue weighted by atomic mass is 32.2. The zero-order valence-corrected chi connectivity index (χ0v) is 13.5. The third-order valence-corrected chi connectivity index (χ3v) is 5.46. The maximum Gasteiger partial charge on any atom is 0.306 e. The van der Waals surface area contributed by atoms with Gasteiger partial charge < -0.3 is 20.4 Å². The molecule has 0 aromatic heterocycles. The lowest BCUT2D eigenvalue weighted by Gasteiger charge is -2.31. The molecule has 1 atom stereocenters. The summed E-state index contributed by atoms with van der Waals surface area (Å²) in [4.78, 5) is 25.5. The van der Waals surface area contributed by atoms with Crippen molar-refractivity contribution >= 4 is 29.3 Å². The van der Waals surface area contributed by atoms with E-state index in [9.17, 15) is 14.7 Å². The molecule has 1 amide bonds. The Morgan fingerprint density at radius 3 is 2.83 bits per heavy atom. The van der Waals surface area contributed by atoms with Gasteiger partial charge in [-0.05, 0) is 43.6 Å². The number of fused-ring (bicyclic) bond motifs is 1. The van der Waals surface area contributed by atoms with E-state index in [0.29, 0.717) is 38.2 Å². The van der Waals surface area contributed by atoms with Gasteiger partial charge in [-0.1, -0.05) is 6.07 Å². The minimum Gasteiger partial charge on any atom is -0.481 e. The molecule has 2 aliphatic heterocycles. The second-order valence-electron chi connectivity index (χ2n) is 6.02. The van der Waals surface area contributed by atoms with Crippen molar-refractivity contribution in [3.8, 4) is 0 Å². The van der Waals surface area contributed by atoms with Crippen LogP contribution in [0.25, 0.3) is 0 Å². The van der Waals surface area contributed by atoms with Gasteiger partial charge in [0.05, 0.1) is 23.5 Å². The molecule has 124 valence electrons. The summed E-state index contributed by atoms with van der Waals surface area (Å²) in [6.07, 6.45) is 0.600. The van der Waals surface area contributed by atoms with Crippen molar-refractivity contribution in [2.45, 2.75) is 23.8 Å². The van der Waals surface area contributed by atoms with Crippen LogP contribution in [0.4, 0.5) is 5.69 Å². The van der Waals surface area contributed by atoms with E-state index in [0.717, 1.165) is 16.1 Å². The number of aliphatic hydroxyl groups is 1. The van der Waals surface area contributed by atoms with Crippen molar-refractivity contribution in [1.82, 2.24) is 4.90 Å². The third kappa shape index (κ3) is 3.85. The van der Waals surface area contributed by atoms with E-state index in [1.165, 1.54) is 11.8 Å². The van der Waals surface area contributed by atoms with E-state index < -0.39 is 12.1 Å². The summed E-state index contributed by atoms with van der Waals surface area (Å²) in [5.74, 6) is -0.592. The highest BCUT2D eigenvalue weighted by Crippen LogP contribution is 2.33. The van der Waals surface area contributed by atoms with Crippen LogP contribution >= 0.6 is 11.8 Å². The van der Waals surface area contributed by atoms with Crippen LogP contribution in [0.5, 0.6) is 0 Å². The highest BCUT2D eigenvalue weighted by Gasteiger charge is 2.26. The van der Waals surface area contributed by atoms with Crippen LogP contribution in [0.15, 0.2) is 23.1 Å². The first-order valence-electron chi connectivity index (χ1n) is 7.73. The molecule has 1 fully saturated rings. The lowest BCUT2D eigenvalue weighted by molar-refractivity contribution is -0.143. The van der Waals surface area contributed by atoms with E-state index in [4.69, 9.17) is 5.11 Å². The Hall–Kier alpha value is -1.57. The molecule has 2 heterocycles. The molecule has 7 heteroatoms. The van der Waals surface area contributed by atoms with E-state index >= 15 is 0 Å². The number of carboxylic acids is 1. The molecule has 0 aliphatic carbocycles. The molecule has 0 saturated carbocycles. The number of carbonyl (C=O) groups is 2. The van der Waals surface area contributed by atoms with E-state index in [1.54, 1.807) is 0 Å². The number of piperidine rings is 1. The maximum absolute atomic E-state index is 11.5. The van der Waals surface area contributed by atoms with Crippen molar-refractivity contribution in [1.29, 1.82) is 0 Å². The lowest BCUT2D eigenvalue weighted by atomic mass is 9.96. The van der Waals surface area contributed by atoms with Crippen molar-refractivity contribution < 1.29 is 19.8 Å². The fraction of sp³-hybridized carbons (Fsp3) is 0.500. The fourth-order valence-electron chi connectivity index (χ4n) is 3.02. The zero-order chi connectivity index (χ0) is 16.4. The SMILES string of the molecule is O=C1CSc2ccc([C@@H](O)CN3CCC(C(=O)O)CC3)cc2N1. The molecule has 3 N–H and O–H groups in total. The monoisotopic (exact) mass is 336 g/mol. The molecular weight excluding hydrogens is 316 g/mol. The van der Waals surface area contributed by atoms with E-state index in [1.807, 2.05) is 18.2 Å². The van der Waals surface area contributed by atoms with Gasteiger partial charge >= 0.3 is 5.97 Å². The van der Waals surface area contributed by atoms with Gasteiger partial charge in [0.15, 0.2) is 0 Å². The number of aliphatic carboxylic acids is 1. The van der Waals surface area contributed by atoms with Crippen molar-refractivity contribution in [3.05, 3.63) is 23.8 Å². The molecule has 1 aromatic rings. The topological polar surface area (TPSA) is 89.9 Å². The fourth-order valence-corrected chi connectivity index (χ4v) is 3.81. The first-order chi connectivity index (χ1) is 11.0. The van der Waals surface area contributed by atoms with Gasteiger partial charge in [-0.25, -0.2) is 0 Å². The van der Waals surface area contributed by atoms with Crippen molar-refractivity contribution in [2.75, 3.05) is 30.7 Å². The number of rotatable bonds is 4. The number of benzene rings is 1. The first kappa shape index (κ1) is 16.3. The van der Waals surface area contributed by atoms with E-state index in [2.05, 4.69) is 10.2 Å². The number of carboxylic acid groups (broad SMARTS) is 1. The first-order valence-corrected chi connectivity index (χ1v) is 8.71. The van der Waals surface area contributed by atoms with Crippen LogP contribution in [0.2, 0.25) is 0 Å². The van der Waals surface area contributed by atoms with Crippen molar-refractivity contribution in [3.63, 3.8) is 0 Å². The van der Waals surface area contributed by atoms with Crippen LogP contribution in [0.1, 0.15) is 24.5 Å². The summed E-state index contributed by atoms with van der Waals surface area (Å²) in [5.41, 5.74) is 1.53. The predicted octanol–water partition coefficient (Wildman–Crippen LogP) is 1.56. The van der Waals surface area contributed by atoms with Crippen molar-refractivity contribution in [2.24, 2.45) is 5.92 Å². The minimum atomic E-state index is -0.729. The molecule has 2 aliphatic rings. The van der Waals surface area contributed by atoms with Gasteiger partial charge in [0.1, 0.15) is 0 Å². The van der Waals surface area contributed by atoms with Gasteiger partial charge in [0.25, 0.3) is 0 Å². The Bertz CT molecular complexity index is 614. The van der Waals surface area contributed by atoms with Crippen LogP contribution in [-0.2, 0) is 9.59 Å². The Morgan fingerprint density at radius 2 is 2.13 bits per heavy atom. The summed E-state index contributed by atoms with van der Waals surface area (Å²) >= 11 is 1.50. The second kappa shape index (κ2) is 6.90. The van der Waals surface area contributed by atoms with Gasteiger partial charge in [-0.15, -0.1) is 11.8 Å². The normalized spacial score (nSPS) is 20.7. The number of carbonyl (C=O) groups excluding carboxylic acids is 1. The largest absolute Gasteiger partial charge is 0.481 e. The number of β-amino-alcohol motifs (C(OH)–C–C–N with tert-alkyl or cyclic N) is 1. The number of likely N-dealkylation sites (tertiary alicyclic amines) is 1. The van der Waals surface area contributed by atoms with Crippen LogP contribution in [0, 0.1) is 5.92 Å². The molecule has 0 bridgehead atoms. The molecule has 23 heavy (non-hydrogen) atoms. The molecule has 6 nitrogen and oxygen atoms in total. The standard InChI is InChI=1S/C16H20N2O4S/c19-13(8-18-5-3-10(4-6-18)16(21)22)11-1-2-14-12(7-11)17-15(20)9-23-14/h1-2,7,10,13,19H,3-6,8-9H2,(H,17,20)(H,21,22)/t13-/m0/s1. The van der Waals surface area contributed by atoms with Crippen LogP contribution < -0.4 is 5.32 Å². The molecule has 1 saturated heterocycles. The third-order valence-electron chi connectivity index (χ3n) is 4.39. The number of hydrogen-bond donors (Lipinski definition) is 3. The Morgan fingerprint density at radius 1 is 1.39 bits per heavy atom. The van der Waals surface area contributed by atoms with Gasteiger partial charge in [-0.3, -0.25) is 9.59 Å². The number of thioether (sulfide) groups is 1. The number of amides is 1. The zero-order valence-electron chi connectivity index (χ0n) is 12.7. The summed E-state index contributed by atoms with van der Waals surface area (Å²) in [6.45, 7) is 1.85. The molecule has 0 spiro atoms. The average Bonchev–Trinajstić information content (AvgIpc) is 2.54. The van der Waals surface area contributed by atoms with Gasteiger partial charge in [0.2, 0.25) is 5.91 Å². The number of nitrogens with one attached hydrogen (secondary N) is 1. The average molecular weight is 336 g/mol. The minimum absolute atomic E-state index is 0.0233. The Kier molecular flexibility index (Phi) is 4.89. The number of nitrogens with zero attached hydrogens (tertiary/aromatic N) is 1. The summed E-state index contributed by atoms with van der Waals surface area (Å²) < 4.78 is 0. The summed E-state index contributed by atoms with van der Waals surface area (Å²) in [5, 5.41) is 22.3. The molecule has 0 unspecified atom stereocenters. The Balaban J connectivity index is 1.61. The summed E-state index contributed by atoms with van der Waals surface area (Å²) in [6, 6.07) is 5.64. The number of anilines is 1. The van der Waals surface area contributed by atoms with Gasteiger partial charge in [0, 0.05) is 11.4 Å². The van der Waals surface area contributed by atoms with E-state index in [-0.39, 0.29) is 11.8 Å².